The number of nitrogens with zero attached hydrogens (tertiary/aromatic N) is 4. The van der Waals surface area contributed by atoms with Crippen LogP contribution in [0, 0.1) is 12.8 Å². The molecule has 2 aromatic heterocycles. The molecule has 1 atom stereocenters. The van der Waals surface area contributed by atoms with Crippen LogP contribution >= 0.6 is 11.6 Å². The van der Waals surface area contributed by atoms with Crippen LogP contribution in [0.2, 0.25) is 5.28 Å². The minimum atomic E-state index is -3.91. The van der Waals surface area contributed by atoms with Gasteiger partial charge < -0.3 is 4.74 Å². The van der Waals surface area contributed by atoms with Crippen molar-refractivity contribution in [3.8, 4) is 0 Å². The van der Waals surface area contributed by atoms with Gasteiger partial charge in [0.2, 0.25) is 5.28 Å². The van der Waals surface area contributed by atoms with Crippen LogP contribution in [0.4, 0.5) is 10.6 Å². The summed E-state index contributed by atoms with van der Waals surface area (Å²) in [5.74, 6) is 0.336. The van der Waals surface area contributed by atoms with Gasteiger partial charge in [-0.25, -0.2) is 17.2 Å². The van der Waals surface area contributed by atoms with Gasteiger partial charge in [0.25, 0.3) is 10.0 Å². The molecule has 1 aliphatic rings. The maximum Gasteiger partial charge on any atom is 0.415 e. The molecule has 0 aliphatic carbocycles. The fraction of sp³-hybridized carbons (Fsp3) is 0.316. The highest BCUT2D eigenvalue weighted by Crippen LogP contribution is 2.33. The van der Waals surface area contributed by atoms with Gasteiger partial charge in [-0.15, -0.1) is 0 Å². The Bertz CT molecular complexity index is 1200. The number of aryl methyl sites for hydroxylation is 1. The van der Waals surface area contributed by atoms with E-state index in [0.717, 1.165) is 9.54 Å². The number of amides is 1. The smallest absolute Gasteiger partial charge is 0.415 e. The second-order valence-electron chi connectivity index (χ2n) is 7.24. The van der Waals surface area contributed by atoms with Crippen LogP contribution in [0.5, 0.6) is 0 Å². The molecule has 1 fully saturated rings. The third kappa shape index (κ3) is 3.24. The van der Waals surface area contributed by atoms with Crippen molar-refractivity contribution >= 4 is 44.6 Å². The molecule has 8 nitrogen and oxygen atoms in total. The summed E-state index contributed by atoms with van der Waals surface area (Å²) in [5, 5.41) is 0.239. The van der Waals surface area contributed by atoms with Crippen LogP contribution in [0.1, 0.15) is 19.4 Å². The van der Waals surface area contributed by atoms with E-state index >= 15 is 0 Å². The van der Waals surface area contributed by atoms with Gasteiger partial charge in [0.05, 0.1) is 16.3 Å². The number of fused-ring (bicyclic) bond motifs is 1. The van der Waals surface area contributed by atoms with Crippen molar-refractivity contribution in [1.29, 1.82) is 0 Å². The van der Waals surface area contributed by atoms with E-state index in [4.69, 9.17) is 16.3 Å². The van der Waals surface area contributed by atoms with Crippen molar-refractivity contribution in [3.05, 3.63) is 47.4 Å². The predicted octanol–water partition coefficient (Wildman–Crippen LogP) is 3.61. The highest BCUT2D eigenvalue weighted by molar-refractivity contribution is 7.90. The Labute approximate surface area is 173 Å². The molecule has 0 bridgehead atoms. The van der Waals surface area contributed by atoms with Crippen molar-refractivity contribution in [2.24, 2.45) is 5.92 Å². The molecule has 0 saturated carbocycles. The summed E-state index contributed by atoms with van der Waals surface area (Å²) < 4.78 is 32.6. The highest BCUT2D eigenvalue weighted by Gasteiger charge is 2.39. The fourth-order valence-electron chi connectivity index (χ4n) is 3.32. The third-order valence-electron chi connectivity index (χ3n) is 4.94. The van der Waals surface area contributed by atoms with Crippen molar-refractivity contribution in [3.63, 3.8) is 0 Å². The molecule has 0 spiro atoms. The maximum absolute atomic E-state index is 13.2. The molecule has 1 saturated heterocycles. The Hall–Kier alpha value is -2.65. The summed E-state index contributed by atoms with van der Waals surface area (Å²) in [6, 6.07) is 7.84. The van der Waals surface area contributed by atoms with Gasteiger partial charge in [0.15, 0.2) is 11.5 Å². The molecule has 4 rings (SSSR count). The average Bonchev–Trinajstić information content (AvgIpc) is 3.25. The Morgan fingerprint density at radius 2 is 1.86 bits per heavy atom. The Morgan fingerprint density at radius 3 is 2.52 bits per heavy atom. The molecule has 10 heteroatoms. The molecule has 1 amide bonds. The van der Waals surface area contributed by atoms with Crippen molar-refractivity contribution in [1.82, 2.24) is 13.9 Å². The zero-order valence-electron chi connectivity index (χ0n) is 16.0. The molecular formula is C19H19ClN4O4S. The standard InChI is InChI=1S/C19H19ClN4O4S/c1-11(2)15-10-28-19(25)24(15)17-14-8-9-23(16(14)21-18(20)22-17)29(26,27)13-6-4-12(3)5-7-13/h4-9,11,15H,10H2,1-3H3/t15-/m1/s1. The SMILES string of the molecule is Cc1ccc(S(=O)(=O)n2ccc3c(N4C(=O)OC[C@@H]4C(C)C)nc(Cl)nc32)cc1. The molecule has 1 aromatic carbocycles. The predicted molar refractivity (Wildman–Crippen MR) is 109 cm³/mol. The van der Waals surface area contributed by atoms with E-state index in [-0.39, 0.29) is 40.2 Å². The summed E-state index contributed by atoms with van der Waals surface area (Å²) in [6.45, 7) is 6.03. The van der Waals surface area contributed by atoms with Gasteiger partial charge in [0, 0.05) is 6.20 Å². The van der Waals surface area contributed by atoms with E-state index in [2.05, 4.69) is 9.97 Å². The van der Waals surface area contributed by atoms with Gasteiger partial charge in [0.1, 0.15) is 6.61 Å². The Morgan fingerprint density at radius 1 is 1.17 bits per heavy atom. The number of carbonyl (C=O) groups is 1. The number of halogens is 1. The maximum atomic E-state index is 13.2. The molecule has 0 unspecified atom stereocenters. The summed E-state index contributed by atoms with van der Waals surface area (Å²) >= 11 is 6.11. The first-order chi connectivity index (χ1) is 13.7. The molecule has 0 N–H and O–H groups in total. The molecule has 29 heavy (non-hydrogen) atoms. The Kier molecular flexibility index (Phi) is 4.74. The van der Waals surface area contributed by atoms with Crippen LogP contribution in [0.25, 0.3) is 11.0 Å². The fourth-order valence-corrected chi connectivity index (χ4v) is 4.78. The first kappa shape index (κ1) is 19.7. The topological polar surface area (TPSA) is 94.4 Å². The lowest BCUT2D eigenvalue weighted by molar-refractivity contribution is 0.177. The lowest BCUT2D eigenvalue weighted by Gasteiger charge is -2.23. The normalized spacial score (nSPS) is 17.3. The van der Waals surface area contributed by atoms with Crippen LogP contribution in [0.15, 0.2) is 41.4 Å². The van der Waals surface area contributed by atoms with Crippen molar-refractivity contribution in [2.45, 2.75) is 31.7 Å². The second kappa shape index (κ2) is 7.00. The summed E-state index contributed by atoms with van der Waals surface area (Å²) in [7, 11) is -3.91. The van der Waals surface area contributed by atoms with E-state index in [1.807, 2.05) is 20.8 Å². The summed E-state index contributed by atoms with van der Waals surface area (Å²) in [4.78, 5) is 22.3. The van der Waals surface area contributed by atoms with Crippen LogP contribution in [0.3, 0.4) is 0 Å². The number of anilines is 1. The van der Waals surface area contributed by atoms with Crippen LogP contribution < -0.4 is 4.90 Å². The van der Waals surface area contributed by atoms with Gasteiger partial charge in [-0.3, -0.25) is 4.90 Å². The van der Waals surface area contributed by atoms with E-state index < -0.39 is 16.1 Å². The van der Waals surface area contributed by atoms with Crippen LogP contribution in [-0.2, 0) is 14.8 Å². The summed E-state index contributed by atoms with van der Waals surface area (Å²) in [6.07, 6.45) is 0.842. The third-order valence-corrected chi connectivity index (χ3v) is 6.79. The summed E-state index contributed by atoms with van der Waals surface area (Å²) in [5.41, 5.74) is 1.05. The molecule has 0 radical (unpaired) electrons. The van der Waals surface area contributed by atoms with E-state index in [9.17, 15) is 13.2 Å². The average molecular weight is 435 g/mol. The quantitative estimate of drug-likeness (QED) is 0.582. The largest absolute Gasteiger partial charge is 0.447 e. The number of hydrogen-bond acceptors (Lipinski definition) is 6. The molecule has 1 aliphatic heterocycles. The first-order valence-corrected chi connectivity index (χ1v) is 10.8. The van der Waals surface area contributed by atoms with Crippen molar-refractivity contribution < 1.29 is 17.9 Å². The number of carbonyl (C=O) groups excluding carboxylic acids is 1. The highest BCUT2D eigenvalue weighted by atomic mass is 35.5. The lowest BCUT2D eigenvalue weighted by atomic mass is 10.0. The van der Waals surface area contributed by atoms with E-state index in [0.29, 0.717) is 5.39 Å². The number of benzene rings is 1. The van der Waals surface area contributed by atoms with E-state index in [1.54, 1.807) is 18.2 Å². The number of cyclic esters (lactones) is 1. The van der Waals surface area contributed by atoms with Gasteiger partial charge in [-0.05, 0) is 42.6 Å². The first-order valence-electron chi connectivity index (χ1n) is 9.03. The Balaban J connectivity index is 1.90. The van der Waals surface area contributed by atoms with Crippen LogP contribution in [-0.4, -0.2) is 41.1 Å². The zero-order valence-corrected chi connectivity index (χ0v) is 17.6. The minimum absolute atomic E-state index is 0.0998. The minimum Gasteiger partial charge on any atom is -0.447 e. The lowest BCUT2D eigenvalue weighted by Crippen LogP contribution is -2.38. The van der Waals surface area contributed by atoms with Gasteiger partial charge in [-0.2, -0.15) is 9.97 Å². The van der Waals surface area contributed by atoms with E-state index in [1.165, 1.54) is 23.2 Å². The number of rotatable bonds is 4. The molecular weight excluding hydrogens is 416 g/mol. The van der Waals surface area contributed by atoms with Gasteiger partial charge in [-0.1, -0.05) is 31.5 Å². The second-order valence-corrected chi connectivity index (χ2v) is 9.39. The van der Waals surface area contributed by atoms with Gasteiger partial charge >= 0.3 is 6.09 Å². The zero-order chi connectivity index (χ0) is 20.9. The number of aromatic nitrogens is 3. The molecule has 3 aromatic rings. The number of ether oxygens (including phenoxy) is 1. The molecule has 3 heterocycles. The number of hydrogen-bond donors (Lipinski definition) is 0. The molecule has 152 valence electrons. The van der Waals surface area contributed by atoms with Crippen molar-refractivity contribution in [2.75, 3.05) is 11.5 Å². The monoisotopic (exact) mass is 434 g/mol.